The average molecular weight is 404 g/mol. The Morgan fingerprint density at radius 1 is 1.07 bits per heavy atom. The number of carbonyl (C=O) groups excluding carboxylic acids is 1. The lowest BCUT2D eigenvalue weighted by molar-refractivity contribution is -0.137. The number of fused-ring (bicyclic) bond motifs is 1. The Balaban J connectivity index is 1.40. The van der Waals surface area contributed by atoms with Gasteiger partial charge in [0.2, 0.25) is 5.91 Å². The molecular formula is C20H19F3N4O2. The van der Waals surface area contributed by atoms with Crippen molar-refractivity contribution in [3.63, 3.8) is 0 Å². The van der Waals surface area contributed by atoms with E-state index in [0.717, 1.165) is 17.6 Å². The summed E-state index contributed by atoms with van der Waals surface area (Å²) in [7, 11) is 0. The quantitative estimate of drug-likeness (QED) is 0.669. The summed E-state index contributed by atoms with van der Waals surface area (Å²) in [6, 6.07) is 9.80. The molecule has 1 amide bonds. The maximum Gasteiger partial charge on any atom is 0.417 e. The molecule has 0 radical (unpaired) electrons. The number of anilines is 1. The summed E-state index contributed by atoms with van der Waals surface area (Å²) in [5.41, 5.74) is 0.481. The number of hydrogen-bond donors (Lipinski definition) is 0. The van der Waals surface area contributed by atoms with Gasteiger partial charge >= 0.3 is 6.18 Å². The van der Waals surface area contributed by atoms with Crippen molar-refractivity contribution in [2.75, 3.05) is 31.1 Å². The number of para-hydroxylation sites is 1. The van der Waals surface area contributed by atoms with E-state index < -0.39 is 11.7 Å². The molecule has 3 aromatic rings. The largest absolute Gasteiger partial charge is 0.417 e. The fourth-order valence-corrected chi connectivity index (χ4v) is 3.46. The van der Waals surface area contributed by atoms with Crippen molar-refractivity contribution in [1.29, 1.82) is 0 Å². The van der Waals surface area contributed by atoms with Gasteiger partial charge in [-0.3, -0.25) is 4.79 Å². The van der Waals surface area contributed by atoms with E-state index in [2.05, 4.69) is 10.1 Å². The summed E-state index contributed by atoms with van der Waals surface area (Å²) < 4.78 is 43.4. The highest BCUT2D eigenvalue weighted by molar-refractivity contribution is 5.86. The Labute approximate surface area is 164 Å². The molecule has 0 saturated carbocycles. The van der Waals surface area contributed by atoms with E-state index >= 15 is 0 Å². The van der Waals surface area contributed by atoms with E-state index in [1.54, 1.807) is 11.0 Å². The molecule has 0 unspecified atom stereocenters. The van der Waals surface area contributed by atoms with Gasteiger partial charge in [0.25, 0.3) is 0 Å². The molecule has 2 aromatic heterocycles. The Morgan fingerprint density at radius 2 is 1.90 bits per heavy atom. The van der Waals surface area contributed by atoms with Gasteiger partial charge in [-0.1, -0.05) is 17.3 Å². The third-order valence-electron chi connectivity index (χ3n) is 5.02. The summed E-state index contributed by atoms with van der Waals surface area (Å²) in [5.74, 6) is 0.432. The SMILES string of the molecule is O=C(Cc1noc2ccccc12)N1CCCN(c2ccc(C(F)(F)F)cn2)CC1. The number of amides is 1. The number of carbonyl (C=O) groups is 1. The van der Waals surface area contributed by atoms with Crippen LogP contribution >= 0.6 is 0 Å². The first-order chi connectivity index (χ1) is 13.9. The van der Waals surface area contributed by atoms with E-state index in [-0.39, 0.29) is 12.3 Å². The smallest absolute Gasteiger partial charge is 0.356 e. The third-order valence-corrected chi connectivity index (χ3v) is 5.02. The Morgan fingerprint density at radius 3 is 2.66 bits per heavy atom. The Kier molecular flexibility index (Phi) is 5.12. The fraction of sp³-hybridized carbons (Fsp3) is 0.350. The summed E-state index contributed by atoms with van der Waals surface area (Å²) in [4.78, 5) is 20.4. The van der Waals surface area contributed by atoms with Gasteiger partial charge < -0.3 is 14.3 Å². The van der Waals surface area contributed by atoms with Gasteiger partial charge in [0.1, 0.15) is 11.5 Å². The van der Waals surface area contributed by atoms with Crippen LogP contribution in [0.25, 0.3) is 11.0 Å². The van der Waals surface area contributed by atoms with Crippen molar-refractivity contribution in [2.24, 2.45) is 0 Å². The second-order valence-corrected chi connectivity index (χ2v) is 6.93. The van der Waals surface area contributed by atoms with E-state index in [1.807, 2.05) is 23.1 Å². The van der Waals surface area contributed by atoms with Crippen LogP contribution in [-0.2, 0) is 17.4 Å². The monoisotopic (exact) mass is 404 g/mol. The van der Waals surface area contributed by atoms with Crippen LogP contribution in [0.5, 0.6) is 0 Å². The number of nitrogens with zero attached hydrogens (tertiary/aromatic N) is 4. The summed E-state index contributed by atoms with van der Waals surface area (Å²) in [6.07, 6.45) is -2.71. The molecule has 1 aliphatic heterocycles. The molecule has 0 N–H and O–H groups in total. The Hall–Kier alpha value is -3.10. The number of aromatic nitrogens is 2. The van der Waals surface area contributed by atoms with Crippen LogP contribution < -0.4 is 4.90 Å². The lowest BCUT2D eigenvalue weighted by Crippen LogP contribution is -2.36. The van der Waals surface area contributed by atoms with Gasteiger partial charge in [0.05, 0.1) is 12.0 Å². The van der Waals surface area contributed by atoms with Gasteiger partial charge in [-0.2, -0.15) is 13.2 Å². The molecule has 1 fully saturated rings. The molecule has 0 spiro atoms. The van der Waals surface area contributed by atoms with Gasteiger partial charge in [-0.15, -0.1) is 0 Å². The molecule has 29 heavy (non-hydrogen) atoms. The zero-order valence-electron chi connectivity index (χ0n) is 15.5. The second-order valence-electron chi connectivity index (χ2n) is 6.93. The molecule has 4 rings (SSSR count). The molecule has 9 heteroatoms. The van der Waals surface area contributed by atoms with Gasteiger partial charge in [0.15, 0.2) is 5.58 Å². The molecule has 1 aliphatic rings. The van der Waals surface area contributed by atoms with Crippen molar-refractivity contribution in [1.82, 2.24) is 15.0 Å². The first-order valence-electron chi connectivity index (χ1n) is 9.31. The minimum absolute atomic E-state index is 0.0497. The lowest BCUT2D eigenvalue weighted by Gasteiger charge is -2.23. The van der Waals surface area contributed by atoms with Crippen LogP contribution in [0, 0.1) is 0 Å². The van der Waals surface area contributed by atoms with Gasteiger partial charge in [-0.05, 0) is 30.7 Å². The predicted octanol–water partition coefficient (Wildman–Crippen LogP) is 3.52. The van der Waals surface area contributed by atoms with Crippen LogP contribution in [0.15, 0.2) is 47.1 Å². The number of benzene rings is 1. The second kappa shape index (κ2) is 7.73. The first-order valence-corrected chi connectivity index (χ1v) is 9.31. The van der Waals surface area contributed by atoms with Crippen molar-refractivity contribution in [2.45, 2.75) is 19.0 Å². The predicted molar refractivity (Wildman–Crippen MR) is 100 cm³/mol. The minimum Gasteiger partial charge on any atom is -0.356 e. The lowest BCUT2D eigenvalue weighted by atomic mass is 10.1. The van der Waals surface area contributed by atoms with Gasteiger partial charge in [0, 0.05) is 37.8 Å². The molecule has 1 saturated heterocycles. The maximum absolute atomic E-state index is 12.7. The molecule has 0 bridgehead atoms. The topological polar surface area (TPSA) is 62.5 Å². The standard InChI is InChI=1S/C20H19F3N4O2/c21-20(22,23)14-6-7-18(24-13-14)26-8-3-9-27(11-10-26)19(28)12-16-15-4-1-2-5-17(15)29-25-16/h1-2,4-7,13H,3,8-12H2. The van der Waals surface area contributed by atoms with Crippen LogP contribution in [0.2, 0.25) is 0 Å². The summed E-state index contributed by atoms with van der Waals surface area (Å²) >= 11 is 0. The zero-order valence-corrected chi connectivity index (χ0v) is 15.5. The van der Waals surface area contributed by atoms with Crippen molar-refractivity contribution in [3.8, 4) is 0 Å². The number of pyridine rings is 1. The highest BCUT2D eigenvalue weighted by atomic mass is 19.4. The number of alkyl halides is 3. The van der Waals surface area contributed by atoms with Crippen LogP contribution in [0.1, 0.15) is 17.7 Å². The number of hydrogen-bond acceptors (Lipinski definition) is 5. The molecular weight excluding hydrogens is 385 g/mol. The van der Waals surface area contributed by atoms with Crippen molar-refractivity contribution in [3.05, 3.63) is 53.9 Å². The molecule has 0 aliphatic carbocycles. The number of halogens is 3. The van der Waals surface area contributed by atoms with E-state index in [1.165, 1.54) is 6.07 Å². The van der Waals surface area contributed by atoms with E-state index in [9.17, 15) is 18.0 Å². The fourth-order valence-electron chi connectivity index (χ4n) is 3.46. The van der Waals surface area contributed by atoms with Crippen LogP contribution in [0.3, 0.4) is 0 Å². The van der Waals surface area contributed by atoms with Gasteiger partial charge in [-0.25, -0.2) is 4.98 Å². The van der Waals surface area contributed by atoms with Crippen molar-refractivity contribution >= 4 is 22.7 Å². The first kappa shape index (κ1) is 19.2. The number of rotatable bonds is 3. The van der Waals surface area contributed by atoms with E-state index in [4.69, 9.17) is 4.52 Å². The minimum atomic E-state index is -4.40. The molecule has 0 atom stereocenters. The molecule has 1 aromatic carbocycles. The summed E-state index contributed by atoms with van der Waals surface area (Å²) in [5, 5.41) is 4.83. The van der Waals surface area contributed by atoms with E-state index in [0.29, 0.717) is 49.7 Å². The zero-order chi connectivity index (χ0) is 20.4. The van der Waals surface area contributed by atoms with Crippen LogP contribution in [0.4, 0.5) is 19.0 Å². The highest BCUT2D eigenvalue weighted by Crippen LogP contribution is 2.29. The average Bonchev–Trinajstić information content (AvgIpc) is 2.95. The highest BCUT2D eigenvalue weighted by Gasteiger charge is 2.31. The Bertz CT molecular complexity index is 1000. The van der Waals surface area contributed by atoms with Crippen molar-refractivity contribution < 1.29 is 22.5 Å². The molecule has 6 nitrogen and oxygen atoms in total. The third kappa shape index (κ3) is 4.18. The van der Waals surface area contributed by atoms with Crippen LogP contribution in [-0.4, -0.2) is 47.1 Å². The molecule has 3 heterocycles. The normalized spacial score (nSPS) is 15.6. The molecule has 152 valence electrons. The maximum atomic E-state index is 12.7. The summed E-state index contributed by atoms with van der Waals surface area (Å²) in [6.45, 7) is 2.17.